The number of benzene rings is 2. The maximum atomic E-state index is 13.2. The van der Waals surface area contributed by atoms with E-state index in [1.165, 1.54) is 35.1 Å². The van der Waals surface area contributed by atoms with Crippen molar-refractivity contribution in [1.29, 1.82) is 0 Å². The quantitative estimate of drug-likeness (QED) is 0.801. The van der Waals surface area contributed by atoms with Gasteiger partial charge in [0.25, 0.3) is 5.91 Å². The molecule has 0 radical (unpaired) electrons. The van der Waals surface area contributed by atoms with Crippen LogP contribution in [0.25, 0.3) is 5.69 Å². The van der Waals surface area contributed by atoms with Gasteiger partial charge in [-0.25, -0.2) is 13.5 Å². The van der Waals surface area contributed by atoms with E-state index in [0.717, 1.165) is 5.56 Å². The largest absolute Gasteiger partial charge is 0.344 e. The highest BCUT2D eigenvalue weighted by atomic mass is 19.1. The number of hydrogen-bond donors (Lipinski definition) is 1. The first-order chi connectivity index (χ1) is 11.5. The van der Waals surface area contributed by atoms with Crippen LogP contribution in [0.5, 0.6) is 0 Å². The molecule has 0 unspecified atom stereocenters. The van der Waals surface area contributed by atoms with Crippen LogP contribution in [0.2, 0.25) is 0 Å². The van der Waals surface area contributed by atoms with Gasteiger partial charge in [0.2, 0.25) is 0 Å². The molecule has 0 aliphatic heterocycles. The van der Waals surface area contributed by atoms with Gasteiger partial charge in [0.15, 0.2) is 5.69 Å². The lowest BCUT2D eigenvalue weighted by Crippen LogP contribution is -2.27. The standard InChI is InChI=1S/C17H14F2N4O/c1-11(12-5-7-13(18)8-6-12)20-17(24)16-10-23(22-21-16)15-4-2-3-14(19)9-15/h2-11H,1H3,(H,20,24)/t11-/m0/s1. The molecule has 0 aliphatic carbocycles. The zero-order valence-corrected chi connectivity index (χ0v) is 12.8. The highest BCUT2D eigenvalue weighted by Gasteiger charge is 2.15. The van der Waals surface area contributed by atoms with Gasteiger partial charge in [0, 0.05) is 0 Å². The first-order valence-electron chi connectivity index (χ1n) is 7.27. The molecule has 0 saturated heterocycles. The van der Waals surface area contributed by atoms with E-state index in [4.69, 9.17) is 0 Å². The minimum atomic E-state index is -0.422. The lowest BCUT2D eigenvalue weighted by atomic mass is 10.1. The third kappa shape index (κ3) is 3.45. The van der Waals surface area contributed by atoms with Gasteiger partial charge in [-0.05, 0) is 42.8 Å². The molecule has 5 nitrogen and oxygen atoms in total. The van der Waals surface area contributed by atoms with Gasteiger partial charge in [-0.2, -0.15) is 0 Å². The van der Waals surface area contributed by atoms with Crippen molar-refractivity contribution in [3.05, 3.63) is 77.6 Å². The van der Waals surface area contributed by atoms with Crippen LogP contribution in [0.3, 0.4) is 0 Å². The zero-order chi connectivity index (χ0) is 17.1. The van der Waals surface area contributed by atoms with E-state index in [1.54, 1.807) is 31.2 Å². The maximum absolute atomic E-state index is 13.2. The second-order valence-corrected chi connectivity index (χ2v) is 5.27. The topological polar surface area (TPSA) is 59.8 Å². The van der Waals surface area contributed by atoms with E-state index in [-0.39, 0.29) is 17.6 Å². The van der Waals surface area contributed by atoms with Gasteiger partial charge < -0.3 is 5.32 Å². The lowest BCUT2D eigenvalue weighted by molar-refractivity contribution is 0.0934. The molecule has 0 spiro atoms. The summed E-state index contributed by atoms with van der Waals surface area (Å²) in [5.74, 6) is -1.16. The van der Waals surface area contributed by atoms with Crippen LogP contribution in [0, 0.1) is 11.6 Å². The second-order valence-electron chi connectivity index (χ2n) is 5.27. The molecule has 1 atom stereocenters. The van der Waals surface area contributed by atoms with Crippen molar-refractivity contribution in [2.45, 2.75) is 13.0 Å². The minimum absolute atomic E-state index is 0.105. The summed E-state index contributed by atoms with van der Waals surface area (Å²) >= 11 is 0. The first-order valence-corrected chi connectivity index (χ1v) is 7.27. The number of halogens is 2. The predicted molar refractivity (Wildman–Crippen MR) is 83.6 cm³/mol. The molecule has 0 fully saturated rings. The molecule has 3 aromatic rings. The average Bonchev–Trinajstić information content (AvgIpc) is 3.05. The highest BCUT2D eigenvalue weighted by Crippen LogP contribution is 2.14. The Labute approximate surface area is 136 Å². The first kappa shape index (κ1) is 15.8. The van der Waals surface area contributed by atoms with Gasteiger partial charge >= 0.3 is 0 Å². The van der Waals surface area contributed by atoms with Gasteiger partial charge in [0.05, 0.1) is 17.9 Å². The Hall–Kier alpha value is -3.09. The third-order valence-corrected chi connectivity index (χ3v) is 3.52. The van der Waals surface area contributed by atoms with E-state index in [0.29, 0.717) is 5.69 Å². The summed E-state index contributed by atoms with van der Waals surface area (Å²) in [7, 11) is 0. The Morgan fingerprint density at radius 1 is 1.12 bits per heavy atom. The van der Waals surface area contributed by atoms with Gasteiger partial charge in [-0.1, -0.05) is 23.4 Å². The Balaban J connectivity index is 1.73. The molecule has 1 amide bonds. The summed E-state index contributed by atoms with van der Waals surface area (Å²) in [4.78, 5) is 12.2. The highest BCUT2D eigenvalue weighted by molar-refractivity contribution is 5.92. The molecule has 7 heteroatoms. The number of nitrogens with zero attached hydrogens (tertiary/aromatic N) is 3. The summed E-state index contributed by atoms with van der Waals surface area (Å²) in [6.45, 7) is 1.78. The number of aromatic nitrogens is 3. The fourth-order valence-electron chi connectivity index (χ4n) is 2.22. The van der Waals surface area contributed by atoms with Crippen LogP contribution in [0.15, 0.2) is 54.7 Å². The summed E-state index contributed by atoms with van der Waals surface area (Å²) in [6, 6.07) is 11.3. The zero-order valence-electron chi connectivity index (χ0n) is 12.8. The number of carbonyl (C=O) groups excluding carboxylic acids is 1. The van der Waals surface area contributed by atoms with Crippen LogP contribution >= 0.6 is 0 Å². The molecule has 1 N–H and O–H groups in total. The van der Waals surface area contributed by atoms with Gasteiger partial charge in [-0.15, -0.1) is 5.10 Å². The molecular formula is C17H14F2N4O. The number of amides is 1. The Morgan fingerprint density at radius 3 is 2.58 bits per heavy atom. The van der Waals surface area contributed by atoms with Crippen molar-refractivity contribution in [3.8, 4) is 5.69 Å². The molecule has 0 bridgehead atoms. The number of carbonyl (C=O) groups is 1. The van der Waals surface area contributed by atoms with Crippen LogP contribution in [-0.2, 0) is 0 Å². The smallest absolute Gasteiger partial charge is 0.273 e. The summed E-state index contributed by atoms with van der Waals surface area (Å²) < 4.78 is 27.5. The SMILES string of the molecule is C[C@H](NC(=O)c1cn(-c2cccc(F)c2)nn1)c1ccc(F)cc1. The molecule has 2 aromatic carbocycles. The van der Waals surface area contributed by atoms with E-state index >= 15 is 0 Å². The molecular weight excluding hydrogens is 314 g/mol. The lowest BCUT2D eigenvalue weighted by Gasteiger charge is -2.13. The normalized spacial score (nSPS) is 12.0. The fraction of sp³-hybridized carbons (Fsp3) is 0.118. The van der Waals surface area contributed by atoms with Crippen molar-refractivity contribution >= 4 is 5.91 Å². The van der Waals surface area contributed by atoms with Gasteiger partial charge in [-0.3, -0.25) is 4.79 Å². The molecule has 0 saturated carbocycles. The van der Waals surface area contributed by atoms with Crippen LogP contribution in [0.1, 0.15) is 29.0 Å². The van der Waals surface area contributed by atoms with E-state index in [2.05, 4.69) is 15.6 Å². The Bertz CT molecular complexity index is 861. The van der Waals surface area contributed by atoms with Crippen molar-refractivity contribution in [1.82, 2.24) is 20.3 Å². The minimum Gasteiger partial charge on any atom is -0.344 e. The van der Waals surface area contributed by atoms with Crippen molar-refractivity contribution in [2.75, 3.05) is 0 Å². The van der Waals surface area contributed by atoms with Gasteiger partial charge in [0.1, 0.15) is 11.6 Å². The van der Waals surface area contributed by atoms with Crippen LogP contribution in [0.4, 0.5) is 8.78 Å². The average molecular weight is 328 g/mol. The van der Waals surface area contributed by atoms with Crippen LogP contribution < -0.4 is 5.32 Å². The molecule has 0 aliphatic rings. The molecule has 3 rings (SSSR count). The predicted octanol–water partition coefficient (Wildman–Crippen LogP) is 3.04. The van der Waals surface area contributed by atoms with E-state index in [9.17, 15) is 13.6 Å². The summed E-state index contributed by atoms with van der Waals surface area (Å²) in [6.07, 6.45) is 1.42. The van der Waals surface area contributed by atoms with Crippen molar-refractivity contribution in [3.63, 3.8) is 0 Å². The fourth-order valence-corrected chi connectivity index (χ4v) is 2.22. The van der Waals surface area contributed by atoms with Crippen LogP contribution in [-0.4, -0.2) is 20.9 Å². The van der Waals surface area contributed by atoms with Crippen molar-refractivity contribution in [2.24, 2.45) is 0 Å². The molecule has 122 valence electrons. The summed E-state index contributed by atoms with van der Waals surface area (Å²) in [5.41, 5.74) is 1.34. The number of nitrogens with one attached hydrogen (secondary N) is 1. The van der Waals surface area contributed by atoms with E-state index in [1.807, 2.05) is 0 Å². The molecule has 1 heterocycles. The molecule has 24 heavy (non-hydrogen) atoms. The number of rotatable bonds is 4. The monoisotopic (exact) mass is 328 g/mol. The second kappa shape index (κ2) is 6.57. The summed E-state index contributed by atoms with van der Waals surface area (Å²) in [5, 5.41) is 10.4. The third-order valence-electron chi connectivity index (χ3n) is 3.52. The van der Waals surface area contributed by atoms with E-state index < -0.39 is 11.7 Å². The van der Waals surface area contributed by atoms with Crippen molar-refractivity contribution < 1.29 is 13.6 Å². The number of hydrogen-bond acceptors (Lipinski definition) is 3. The Morgan fingerprint density at radius 2 is 1.88 bits per heavy atom. The maximum Gasteiger partial charge on any atom is 0.273 e. The molecule has 1 aromatic heterocycles. The Kier molecular flexibility index (Phi) is 4.33.